The van der Waals surface area contributed by atoms with E-state index in [1.165, 1.54) is 0 Å². The zero-order chi connectivity index (χ0) is 17.5. The Morgan fingerprint density at radius 1 is 1.29 bits per heavy atom. The van der Waals surface area contributed by atoms with E-state index in [9.17, 15) is 9.59 Å². The van der Waals surface area contributed by atoms with Crippen molar-refractivity contribution >= 4 is 33.8 Å². The van der Waals surface area contributed by atoms with E-state index in [-0.39, 0.29) is 11.3 Å². The molecule has 5 heteroatoms. The van der Waals surface area contributed by atoms with Gasteiger partial charge >= 0.3 is 0 Å². The van der Waals surface area contributed by atoms with Crippen LogP contribution >= 0.6 is 15.9 Å². The number of amides is 1. The summed E-state index contributed by atoms with van der Waals surface area (Å²) >= 11 is 3.38. The molecule has 0 unspecified atom stereocenters. The largest absolute Gasteiger partial charge is 0.307 e. The van der Waals surface area contributed by atoms with Crippen molar-refractivity contribution in [3.05, 3.63) is 57.3 Å². The number of halogens is 1. The number of aldehydes is 1. The molecule has 24 heavy (non-hydrogen) atoms. The van der Waals surface area contributed by atoms with Gasteiger partial charge in [-0.05, 0) is 46.1 Å². The number of hydrogen-bond acceptors (Lipinski definition) is 3. The predicted molar refractivity (Wildman–Crippen MR) is 97.8 cm³/mol. The van der Waals surface area contributed by atoms with E-state index in [4.69, 9.17) is 0 Å². The fraction of sp³-hybridized carbons (Fsp3) is 0.316. The summed E-state index contributed by atoms with van der Waals surface area (Å²) in [4.78, 5) is 30.5. The van der Waals surface area contributed by atoms with E-state index >= 15 is 0 Å². The van der Waals surface area contributed by atoms with Gasteiger partial charge in [0.15, 0.2) is 6.29 Å². The van der Waals surface area contributed by atoms with Gasteiger partial charge in [-0.2, -0.15) is 0 Å². The summed E-state index contributed by atoms with van der Waals surface area (Å²) < 4.78 is 0.690. The second-order valence-electron chi connectivity index (χ2n) is 6.97. The number of fused-ring (bicyclic) bond motifs is 1. The first-order chi connectivity index (χ1) is 11.3. The Kier molecular flexibility index (Phi) is 4.30. The fourth-order valence-corrected chi connectivity index (χ4v) is 3.34. The molecule has 2 heterocycles. The van der Waals surface area contributed by atoms with Crippen molar-refractivity contribution in [3.8, 4) is 0 Å². The smallest absolute Gasteiger partial charge is 0.260 e. The van der Waals surface area contributed by atoms with Crippen molar-refractivity contribution in [2.45, 2.75) is 32.6 Å². The Hall–Kier alpha value is -2.01. The van der Waals surface area contributed by atoms with Gasteiger partial charge in [-0.15, -0.1) is 0 Å². The lowest BCUT2D eigenvalue weighted by Crippen LogP contribution is -2.38. The van der Waals surface area contributed by atoms with Crippen LogP contribution in [0.5, 0.6) is 0 Å². The first-order valence-electron chi connectivity index (χ1n) is 7.88. The molecule has 2 aromatic rings. The molecule has 0 spiro atoms. The summed E-state index contributed by atoms with van der Waals surface area (Å²) in [7, 11) is 0. The van der Waals surface area contributed by atoms with Gasteiger partial charge in [0, 0.05) is 28.3 Å². The molecule has 1 aliphatic heterocycles. The summed E-state index contributed by atoms with van der Waals surface area (Å²) in [5.41, 5.74) is 3.71. The highest BCUT2D eigenvalue weighted by Crippen LogP contribution is 2.31. The van der Waals surface area contributed by atoms with Crippen LogP contribution in [0.2, 0.25) is 0 Å². The molecular formula is C19H19BrN2O2. The van der Waals surface area contributed by atoms with Gasteiger partial charge in [-0.25, -0.2) is 0 Å². The van der Waals surface area contributed by atoms with Gasteiger partial charge in [0.1, 0.15) is 0 Å². The molecule has 0 fully saturated rings. The lowest BCUT2D eigenvalue weighted by Gasteiger charge is -2.30. The number of rotatable bonds is 2. The normalized spacial score (nSPS) is 14.5. The number of hydrogen-bond donors (Lipinski definition) is 0. The van der Waals surface area contributed by atoms with Crippen LogP contribution in [0.15, 0.2) is 34.9 Å². The third kappa shape index (κ3) is 2.88. The Morgan fingerprint density at radius 3 is 2.71 bits per heavy atom. The van der Waals surface area contributed by atoms with Gasteiger partial charge in [0.2, 0.25) is 0 Å². The fourth-order valence-electron chi connectivity index (χ4n) is 2.89. The number of anilines is 1. The van der Waals surface area contributed by atoms with Crippen LogP contribution < -0.4 is 4.90 Å². The van der Waals surface area contributed by atoms with Crippen LogP contribution in [0.25, 0.3) is 0 Å². The number of carbonyl (C=O) groups excluding carboxylic acids is 2. The van der Waals surface area contributed by atoms with Crippen molar-refractivity contribution in [2.24, 2.45) is 0 Å². The lowest BCUT2D eigenvalue weighted by molar-refractivity contribution is 0.0980. The Labute approximate surface area is 150 Å². The van der Waals surface area contributed by atoms with Crippen LogP contribution in [0.4, 0.5) is 5.69 Å². The number of pyridine rings is 1. The van der Waals surface area contributed by atoms with Crippen molar-refractivity contribution in [2.75, 3.05) is 11.4 Å². The van der Waals surface area contributed by atoms with Crippen molar-refractivity contribution in [3.63, 3.8) is 0 Å². The third-order valence-corrected chi connectivity index (χ3v) is 4.97. The zero-order valence-corrected chi connectivity index (χ0v) is 15.6. The molecule has 3 rings (SSSR count). The van der Waals surface area contributed by atoms with Crippen LogP contribution in [0, 0.1) is 0 Å². The number of aromatic nitrogens is 1. The van der Waals surface area contributed by atoms with Gasteiger partial charge in [-0.1, -0.05) is 26.8 Å². The average Bonchev–Trinajstić information content (AvgIpc) is 2.54. The quantitative estimate of drug-likeness (QED) is 0.728. The first-order valence-corrected chi connectivity index (χ1v) is 8.67. The molecule has 1 aliphatic rings. The highest BCUT2D eigenvalue weighted by atomic mass is 79.9. The maximum Gasteiger partial charge on any atom is 0.260 e. The SMILES string of the molecule is CC(C)(C)c1cc2c(cn1)C(=O)N(c1cccc(Br)c1C=O)CC2. The van der Waals surface area contributed by atoms with Gasteiger partial charge < -0.3 is 4.90 Å². The van der Waals surface area contributed by atoms with Crippen LogP contribution in [0.1, 0.15) is 52.7 Å². The van der Waals surface area contributed by atoms with Crippen LogP contribution in [-0.2, 0) is 11.8 Å². The number of benzene rings is 1. The van der Waals surface area contributed by atoms with Crippen LogP contribution in [0.3, 0.4) is 0 Å². The van der Waals surface area contributed by atoms with Gasteiger partial charge in [0.25, 0.3) is 5.91 Å². The molecule has 4 nitrogen and oxygen atoms in total. The third-order valence-electron chi connectivity index (χ3n) is 4.28. The van der Waals surface area contributed by atoms with E-state index in [1.807, 2.05) is 12.1 Å². The maximum atomic E-state index is 12.9. The minimum Gasteiger partial charge on any atom is -0.307 e. The predicted octanol–water partition coefficient (Wildman–Crippen LogP) is 4.16. The van der Waals surface area contributed by atoms with Crippen LogP contribution in [-0.4, -0.2) is 23.7 Å². The van der Waals surface area contributed by atoms with Gasteiger partial charge in [-0.3, -0.25) is 14.6 Å². The van der Waals surface area contributed by atoms with Crippen molar-refractivity contribution < 1.29 is 9.59 Å². The standard InChI is InChI=1S/C19H19BrN2O2/c1-19(2,3)17-9-12-7-8-22(18(24)13(12)10-21-17)16-6-4-5-15(20)14(16)11-23/h4-6,9-11H,7-8H2,1-3H3. The molecule has 0 atom stereocenters. The van der Waals surface area contributed by atoms with E-state index in [0.717, 1.165) is 24.0 Å². The molecule has 124 valence electrons. The maximum absolute atomic E-state index is 12.9. The van der Waals surface area contributed by atoms with Gasteiger partial charge in [0.05, 0.1) is 16.8 Å². The molecule has 0 saturated heterocycles. The summed E-state index contributed by atoms with van der Waals surface area (Å²) in [6.45, 7) is 6.88. The highest BCUT2D eigenvalue weighted by Gasteiger charge is 2.29. The first kappa shape index (κ1) is 16.8. The lowest BCUT2D eigenvalue weighted by atomic mass is 9.88. The summed E-state index contributed by atoms with van der Waals surface area (Å²) in [5.74, 6) is -0.106. The monoisotopic (exact) mass is 386 g/mol. The number of carbonyl (C=O) groups is 2. The average molecular weight is 387 g/mol. The highest BCUT2D eigenvalue weighted by molar-refractivity contribution is 9.10. The van der Waals surface area contributed by atoms with E-state index < -0.39 is 0 Å². The summed E-state index contributed by atoms with van der Waals surface area (Å²) in [6.07, 6.45) is 3.20. The minimum absolute atomic E-state index is 0.0514. The molecule has 0 aliphatic carbocycles. The van der Waals surface area contributed by atoms with E-state index in [2.05, 4.69) is 41.7 Å². The topological polar surface area (TPSA) is 50.3 Å². The van der Waals surface area contributed by atoms with Crippen molar-refractivity contribution in [1.29, 1.82) is 0 Å². The second-order valence-corrected chi connectivity index (χ2v) is 7.83. The Balaban J connectivity index is 2.02. The Bertz CT molecular complexity index is 825. The van der Waals surface area contributed by atoms with E-state index in [1.54, 1.807) is 23.2 Å². The molecular weight excluding hydrogens is 368 g/mol. The van der Waals surface area contributed by atoms with Crippen molar-refractivity contribution in [1.82, 2.24) is 4.98 Å². The zero-order valence-electron chi connectivity index (χ0n) is 14.0. The molecule has 0 N–H and O–H groups in total. The molecule has 0 saturated carbocycles. The minimum atomic E-state index is -0.106. The Morgan fingerprint density at radius 2 is 2.04 bits per heavy atom. The summed E-state index contributed by atoms with van der Waals surface area (Å²) in [5, 5.41) is 0. The molecule has 0 radical (unpaired) electrons. The second kappa shape index (κ2) is 6.13. The number of nitrogens with zero attached hydrogens (tertiary/aromatic N) is 2. The van der Waals surface area contributed by atoms with E-state index in [0.29, 0.717) is 27.8 Å². The molecule has 0 bridgehead atoms. The molecule has 1 aromatic carbocycles. The molecule has 1 amide bonds. The molecule has 1 aromatic heterocycles. The summed E-state index contributed by atoms with van der Waals surface area (Å²) in [6, 6.07) is 7.46.